The molecule has 2 rings (SSSR count). The predicted octanol–water partition coefficient (Wildman–Crippen LogP) is 2.27. The maximum atomic E-state index is 11.6. The van der Waals surface area contributed by atoms with Crippen molar-refractivity contribution in [3.63, 3.8) is 0 Å². The first kappa shape index (κ1) is 13.4. The molecule has 0 N–H and O–H groups in total. The van der Waals surface area contributed by atoms with Gasteiger partial charge in [0.1, 0.15) is 4.47 Å². The maximum absolute atomic E-state index is 11.6. The highest BCUT2D eigenvalue weighted by atomic mass is 79.9. The van der Waals surface area contributed by atoms with Crippen LogP contribution in [0.1, 0.15) is 11.1 Å². The first-order chi connectivity index (χ1) is 8.99. The van der Waals surface area contributed by atoms with Crippen molar-refractivity contribution in [1.82, 2.24) is 9.55 Å². The smallest absolute Gasteiger partial charge is 0.294 e. The number of hydrogen-bond donors (Lipinski definition) is 0. The van der Waals surface area contributed by atoms with Crippen molar-refractivity contribution in [1.29, 1.82) is 0 Å². The van der Waals surface area contributed by atoms with Crippen molar-refractivity contribution < 1.29 is 4.92 Å². The molecule has 0 unspecified atom stereocenters. The quantitative estimate of drug-likeness (QED) is 0.641. The van der Waals surface area contributed by atoms with Crippen LogP contribution in [-0.4, -0.2) is 14.5 Å². The molecular weight excluding hydrogens is 314 g/mol. The zero-order chi connectivity index (χ0) is 14.0. The van der Waals surface area contributed by atoms with Crippen molar-refractivity contribution in [3.8, 4) is 0 Å². The van der Waals surface area contributed by atoms with Crippen LogP contribution in [0, 0.1) is 17.0 Å². The van der Waals surface area contributed by atoms with Crippen molar-refractivity contribution in [2.75, 3.05) is 0 Å². The van der Waals surface area contributed by atoms with Gasteiger partial charge in [0.2, 0.25) is 0 Å². The van der Waals surface area contributed by atoms with Crippen LogP contribution in [-0.2, 0) is 6.54 Å². The third-order valence-corrected chi connectivity index (χ3v) is 3.50. The van der Waals surface area contributed by atoms with E-state index < -0.39 is 4.92 Å². The second-order valence-electron chi connectivity index (χ2n) is 4.05. The average Bonchev–Trinajstić information content (AvgIpc) is 2.36. The number of nitro benzene ring substituents is 1. The Morgan fingerprint density at radius 1 is 1.47 bits per heavy atom. The van der Waals surface area contributed by atoms with E-state index in [2.05, 4.69) is 20.9 Å². The number of hydrogen-bond acceptors (Lipinski definition) is 4. The molecule has 0 bridgehead atoms. The molecule has 2 aromatic rings. The molecule has 0 saturated carbocycles. The zero-order valence-electron chi connectivity index (χ0n) is 10.0. The number of halogens is 1. The summed E-state index contributed by atoms with van der Waals surface area (Å²) in [7, 11) is 0. The summed E-state index contributed by atoms with van der Waals surface area (Å²) in [6.07, 6.45) is 3.15. The minimum atomic E-state index is -0.467. The summed E-state index contributed by atoms with van der Waals surface area (Å²) in [5.74, 6) is 0. The van der Waals surface area contributed by atoms with Crippen LogP contribution in [0.2, 0.25) is 0 Å². The molecule has 98 valence electrons. The maximum Gasteiger partial charge on any atom is 0.347 e. The van der Waals surface area contributed by atoms with Gasteiger partial charge in [-0.1, -0.05) is 12.1 Å². The van der Waals surface area contributed by atoms with E-state index in [0.717, 1.165) is 5.56 Å². The summed E-state index contributed by atoms with van der Waals surface area (Å²) in [6.45, 7) is 2.06. The molecular formula is C12H10BrN3O3. The molecule has 7 heteroatoms. The predicted molar refractivity (Wildman–Crippen MR) is 73.1 cm³/mol. The van der Waals surface area contributed by atoms with E-state index in [-0.39, 0.29) is 17.9 Å². The Bertz CT molecular complexity index is 697. The third-order valence-electron chi connectivity index (χ3n) is 2.58. The first-order valence-electron chi connectivity index (χ1n) is 5.44. The van der Waals surface area contributed by atoms with E-state index in [1.54, 1.807) is 18.3 Å². The zero-order valence-corrected chi connectivity index (χ0v) is 11.6. The molecule has 1 aromatic heterocycles. The van der Waals surface area contributed by atoms with Crippen LogP contribution in [0.4, 0.5) is 5.69 Å². The number of rotatable bonds is 3. The Morgan fingerprint density at radius 2 is 2.21 bits per heavy atom. The molecule has 19 heavy (non-hydrogen) atoms. The van der Waals surface area contributed by atoms with Gasteiger partial charge < -0.3 is 0 Å². The molecule has 1 heterocycles. The van der Waals surface area contributed by atoms with Crippen molar-refractivity contribution in [3.05, 3.63) is 66.8 Å². The Hall–Kier alpha value is -2.02. The van der Waals surface area contributed by atoms with Crippen LogP contribution < -0.4 is 5.69 Å². The van der Waals surface area contributed by atoms with Crippen molar-refractivity contribution >= 4 is 21.6 Å². The highest BCUT2D eigenvalue weighted by molar-refractivity contribution is 9.10. The summed E-state index contributed by atoms with van der Waals surface area (Å²) in [4.78, 5) is 25.7. The lowest BCUT2D eigenvalue weighted by atomic mass is 10.2. The van der Waals surface area contributed by atoms with E-state index >= 15 is 0 Å². The van der Waals surface area contributed by atoms with Crippen LogP contribution in [0.5, 0.6) is 0 Å². The van der Waals surface area contributed by atoms with E-state index in [1.807, 2.05) is 6.92 Å². The SMILES string of the molecule is Cc1cnc(=O)n(Cc2cccc([N+](=O)[O-])c2Br)c1. The van der Waals surface area contributed by atoms with Gasteiger partial charge in [-0.05, 0) is 34.0 Å². The fourth-order valence-corrected chi connectivity index (χ4v) is 2.23. The highest BCUT2D eigenvalue weighted by Gasteiger charge is 2.15. The van der Waals surface area contributed by atoms with Gasteiger partial charge in [-0.15, -0.1) is 0 Å². The lowest BCUT2D eigenvalue weighted by Gasteiger charge is -2.08. The van der Waals surface area contributed by atoms with Gasteiger partial charge in [0.15, 0.2) is 0 Å². The standard InChI is InChI=1S/C12H10BrN3O3/c1-8-5-14-12(17)15(6-8)7-9-3-2-4-10(11(9)13)16(18)19/h2-6H,7H2,1H3. The lowest BCUT2D eigenvalue weighted by Crippen LogP contribution is -2.23. The van der Waals surface area contributed by atoms with Gasteiger partial charge in [-0.3, -0.25) is 14.7 Å². The van der Waals surface area contributed by atoms with Crippen molar-refractivity contribution in [2.24, 2.45) is 0 Å². The van der Waals surface area contributed by atoms with Gasteiger partial charge >= 0.3 is 5.69 Å². The highest BCUT2D eigenvalue weighted by Crippen LogP contribution is 2.28. The third kappa shape index (κ3) is 2.87. The Morgan fingerprint density at radius 3 is 2.89 bits per heavy atom. The minimum absolute atomic E-state index is 0.0221. The van der Waals surface area contributed by atoms with Gasteiger partial charge in [-0.25, -0.2) is 9.78 Å². The first-order valence-corrected chi connectivity index (χ1v) is 6.23. The van der Waals surface area contributed by atoms with Crippen LogP contribution in [0.15, 0.2) is 39.9 Å². The Labute approximate surface area is 117 Å². The van der Waals surface area contributed by atoms with Gasteiger partial charge in [0.25, 0.3) is 5.69 Å². The van der Waals surface area contributed by atoms with E-state index in [4.69, 9.17) is 0 Å². The van der Waals surface area contributed by atoms with Gasteiger partial charge in [0, 0.05) is 18.5 Å². The summed E-state index contributed by atoms with van der Waals surface area (Å²) >= 11 is 3.20. The minimum Gasteiger partial charge on any atom is -0.294 e. The van der Waals surface area contributed by atoms with Crippen molar-refractivity contribution in [2.45, 2.75) is 13.5 Å². The Balaban J connectivity index is 2.44. The van der Waals surface area contributed by atoms with Crippen LogP contribution >= 0.6 is 15.9 Å². The lowest BCUT2D eigenvalue weighted by molar-refractivity contribution is -0.385. The van der Waals surface area contributed by atoms with Crippen LogP contribution in [0.25, 0.3) is 0 Å². The molecule has 0 saturated heterocycles. The summed E-state index contributed by atoms with van der Waals surface area (Å²) < 4.78 is 1.80. The number of aryl methyl sites for hydroxylation is 1. The Kier molecular flexibility index (Phi) is 3.75. The second kappa shape index (κ2) is 5.31. The molecule has 0 spiro atoms. The molecule has 0 aliphatic heterocycles. The topological polar surface area (TPSA) is 78.0 Å². The van der Waals surface area contributed by atoms with E-state index in [9.17, 15) is 14.9 Å². The van der Waals surface area contributed by atoms with E-state index in [0.29, 0.717) is 10.0 Å². The molecule has 6 nitrogen and oxygen atoms in total. The molecule has 0 aliphatic carbocycles. The molecule has 0 aliphatic rings. The number of nitro groups is 1. The summed E-state index contributed by atoms with van der Waals surface area (Å²) in [5.41, 5.74) is 1.10. The van der Waals surface area contributed by atoms with Gasteiger partial charge in [0.05, 0.1) is 11.5 Å². The normalized spacial score (nSPS) is 10.4. The average molecular weight is 324 g/mol. The number of aromatic nitrogens is 2. The molecule has 1 aromatic carbocycles. The second-order valence-corrected chi connectivity index (χ2v) is 4.84. The molecule has 0 radical (unpaired) electrons. The molecule has 0 fully saturated rings. The fourth-order valence-electron chi connectivity index (χ4n) is 1.69. The monoisotopic (exact) mass is 323 g/mol. The molecule has 0 atom stereocenters. The summed E-state index contributed by atoms with van der Waals surface area (Å²) in [6, 6.07) is 4.73. The largest absolute Gasteiger partial charge is 0.347 e. The van der Waals surface area contributed by atoms with Gasteiger partial charge in [-0.2, -0.15) is 0 Å². The fraction of sp³-hybridized carbons (Fsp3) is 0.167. The number of benzene rings is 1. The van der Waals surface area contributed by atoms with Crippen LogP contribution in [0.3, 0.4) is 0 Å². The number of nitrogens with zero attached hydrogens (tertiary/aromatic N) is 3. The van der Waals surface area contributed by atoms with E-state index in [1.165, 1.54) is 16.8 Å². The summed E-state index contributed by atoms with van der Waals surface area (Å²) in [5, 5.41) is 10.8. The molecule has 0 amide bonds.